The summed E-state index contributed by atoms with van der Waals surface area (Å²) >= 11 is 0. The van der Waals surface area contributed by atoms with Crippen LogP contribution in [0.3, 0.4) is 0 Å². The third kappa shape index (κ3) is 13.3. The van der Waals surface area contributed by atoms with Crippen molar-refractivity contribution in [1.82, 2.24) is 0 Å². The summed E-state index contributed by atoms with van der Waals surface area (Å²) in [5, 5.41) is 0. The molecule has 0 spiro atoms. The molecule has 0 unspecified atom stereocenters. The zero-order valence-electron chi connectivity index (χ0n) is 35.7. The highest BCUT2D eigenvalue weighted by Gasteiger charge is 2.50. The lowest BCUT2D eigenvalue weighted by molar-refractivity contribution is -0.276. The zero-order chi connectivity index (χ0) is 42.7. The molecule has 1 saturated heterocycles. The quantitative estimate of drug-likeness (QED) is 0.0669. The van der Waals surface area contributed by atoms with Gasteiger partial charge in [-0.2, -0.15) is 0 Å². The monoisotopic (exact) mass is 846 g/mol. The normalized spacial score (nSPS) is 23.2. The van der Waals surface area contributed by atoms with Crippen LogP contribution in [0.4, 0.5) is 0 Å². The fourth-order valence-electron chi connectivity index (χ4n) is 8.26. The van der Waals surface area contributed by atoms with Gasteiger partial charge in [-0.25, -0.2) is 0 Å². The molecule has 6 aromatic carbocycles. The largest absolute Gasteiger partial charge is 0.493 e. The number of hydrogen-bond donors (Lipinski definition) is 0. The first-order valence-electron chi connectivity index (χ1n) is 22.1. The van der Waals surface area contributed by atoms with Crippen LogP contribution in [0, 0.1) is 5.92 Å². The third-order valence-electron chi connectivity index (χ3n) is 11.5. The van der Waals surface area contributed by atoms with Gasteiger partial charge in [0.15, 0.2) is 0 Å². The molecule has 0 radical (unpaired) electrons. The smallest absolute Gasteiger partial charge is 0.148 e. The summed E-state index contributed by atoms with van der Waals surface area (Å²) < 4.78 is 54.3. The lowest BCUT2D eigenvalue weighted by atomic mass is 9.84. The van der Waals surface area contributed by atoms with Gasteiger partial charge in [-0.1, -0.05) is 182 Å². The highest BCUT2D eigenvalue weighted by molar-refractivity contribution is 5.18. The van der Waals surface area contributed by atoms with Gasteiger partial charge in [-0.15, -0.1) is 0 Å². The Kier molecular flexibility index (Phi) is 16.7. The van der Waals surface area contributed by atoms with E-state index in [9.17, 15) is 0 Å². The molecule has 2 heterocycles. The molecule has 1 fully saturated rings. The second-order valence-electron chi connectivity index (χ2n) is 16.2. The first-order chi connectivity index (χ1) is 31.2. The van der Waals surface area contributed by atoms with E-state index in [-0.39, 0.29) is 24.7 Å². The Hall–Kier alpha value is -5.42. The van der Waals surface area contributed by atoms with Crippen molar-refractivity contribution >= 4 is 0 Å². The summed E-state index contributed by atoms with van der Waals surface area (Å²) in [6, 6.07) is 61.3. The number of ether oxygens (including phenoxy) is 8. The van der Waals surface area contributed by atoms with Crippen molar-refractivity contribution in [3.63, 3.8) is 0 Å². The molecule has 0 aliphatic carbocycles. The van der Waals surface area contributed by atoms with Gasteiger partial charge in [0.05, 0.1) is 65.2 Å². The van der Waals surface area contributed by atoms with Crippen LogP contribution >= 0.6 is 0 Å². The van der Waals surface area contributed by atoms with E-state index in [0.29, 0.717) is 52.7 Å². The molecule has 0 saturated carbocycles. The number of rotatable bonds is 22. The van der Waals surface area contributed by atoms with Gasteiger partial charge in [0.25, 0.3) is 0 Å². The minimum absolute atomic E-state index is 0.122. The molecule has 8 heteroatoms. The highest BCUT2D eigenvalue weighted by atomic mass is 16.6. The molecule has 63 heavy (non-hydrogen) atoms. The maximum Gasteiger partial charge on any atom is 0.148 e. The van der Waals surface area contributed by atoms with Gasteiger partial charge in [-0.05, 0) is 45.9 Å². The molecule has 0 aromatic heterocycles. The third-order valence-corrected chi connectivity index (χ3v) is 11.5. The molecule has 0 N–H and O–H groups in total. The van der Waals surface area contributed by atoms with Gasteiger partial charge in [-0.3, -0.25) is 0 Å². The van der Waals surface area contributed by atoms with Crippen molar-refractivity contribution < 1.29 is 37.9 Å². The van der Waals surface area contributed by atoms with E-state index >= 15 is 0 Å². The zero-order valence-corrected chi connectivity index (χ0v) is 35.7. The van der Waals surface area contributed by atoms with Gasteiger partial charge < -0.3 is 37.9 Å². The van der Waals surface area contributed by atoms with E-state index in [1.165, 1.54) is 0 Å². The summed E-state index contributed by atoms with van der Waals surface area (Å²) in [4.78, 5) is 0. The number of benzene rings is 6. The van der Waals surface area contributed by atoms with Crippen LogP contribution < -0.4 is 0 Å². The van der Waals surface area contributed by atoms with E-state index in [1.54, 1.807) is 6.26 Å². The lowest BCUT2D eigenvalue weighted by Gasteiger charge is -2.47. The van der Waals surface area contributed by atoms with Crippen molar-refractivity contribution in [3.8, 4) is 0 Å². The average molecular weight is 847 g/mol. The highest BCUT2D eigenvalue weighted by Crippen LogP contribution is 2.37. The summed E-state index contributed by atoms with van der Waals surface area (Å²) in [5.41, 5.74) is 6.43. The Morgan fingerprint density at radius 1 is 0.333 bits per heavy atom. The molecular weight excluding hydrogens is 789 g/mol. The van der Waals surface area contributed by atoms with Gasteiger partial charge in [0.1, 0.15) is 36.6 Å². The summed E-state index contributed by atoms with van der Waals surface area (Å²) in [7, 11) is 0. The van der Waals surface area contributed by atoms with Crippen molar-refractivity contribution in [1.29, 1.82) is 0 Å². The maximum atomic E-state index is 7.28. The fourth-order valence-corrected chi connectivity index (χ4v) is 8.26. The Bertz CT molecular complexity index is 2180. The first-order valence-corrected chi connectivity index (χ1v) is 22.1. The molecule has 2 aliphatic rings. The van der Waals surface area contributed by atoms with Crippen LogP contribution in [0.5, 0.6) is 0 Å². The van der Waals surface area contributed by atoms with Crippen molar-refractivity contribution in [2.75, 3.05) is 13.2 Å². The van der Waals surface area contributed by atoms with Gasteiger partial charge in [0, 0.05) is 5.92 Å². The molecular formula is C55H58O8. The molecule has 8 rings (SSSR count). The fraction of sp³-hybridized carbons (Fsp3) is 0.309. The Morgan fingerprint density at radius 3 is 1.08 bits per heavy atom. The van der Waals surface area contributed by atoms with E-state index in [4.69, 9.17) is 37.9 Å². The molecule has 2 aliphatic heterocycles. The summed E-state index contributed by atoms with van der Waals surface area (Å²) in [6.07, 6.45) is 1.20. The second kappa shape index (κ2) is 23.9. The predicted molar refractivity (Wildman–Crippen MR) is 243 cm³/mol. The maximum absolute atomic E-state index is 7.28. The first kappa shape index (κ1) is 44.2. The Labute approximate surface area is 372 Å². The lowest BCUT2D eigenvalue weighted by Crippen LogP contribution is -2.61. The SMILES string of the molecule is C1=C[C@@H](C[C@@H]2O[C@H](COCc3ccccc3)[C@@H](OCc3ccccc3)[C@H](OCc3ccccc3)[C@H]2OCc2ccccc2)[C@H](OCc2ccccc2)[C@@H](COCc2ccccc2)O1. The van der Waals surface area contributed by atoms with Crippen LogP contribution in [0.15, 0.2) is 194 Å². The van der Waals surface area contributed by atoms with Crippen molar-refractivity contribution in [3.05, 3.63) is 228 Å². The average Bonchev–Trinajstić information content (AvgIpc) is 3.34. The molecule has 0 bridgehead atoms. The number of hydrogen-bond acceptors (Lipinski definition) is 8. The van der Waals surface area contributed by atoms with Crippen molar-refractivity contribution in [2.24, 2.45) is 5.92 Å². The van der Waals surface area contributed by atoms with Gasteiger partial charge in [0.2, 0.25) is 0 Å². The molecule has 8 atom stereocenters. The predicted octanol–water partition coefficient (Wildman–Crippen LogP) is 10.4. The molecule has 326 valence electrons. The molecule has 6 aromatic rings. The van der Waals surface area contributed by atoms with Crippen LogP contribution in [-0.4, -0.2) is 55.9 Å². The Balaban J connectivity index is 1.11. The van der Waals surface area contributed by atoms with Gasteiger partial charge >= 0.3 is 0 Å². The molecule has 0 amide bonds. The Morgan fingerprint density at radius 2 is 0.667 bits per heavy atom. The van der Waals surface area contributed by atoms with E-state index in [0.717, 1.165) is 33.4 Å². The minimum atomic E-state index is -0.531. The summed E-state index contributed by atoms with van der Waals surface area (Å²) in [6.45, 7) is 3.06. The van der Waals surface area contributed by atoms with E-state index < -0.39 is 30.5 Å². The van der Waals surface area contributed by atoms with Crippen LogP contribution in [0.25, 0.3) is 0 Å². The van der Waals surface area contributed by atoms with Crippen LogP contribution in [0.2, 0.25) is 0 Å². The standard InChI is InChI=1S/C55H58O8/c1-7-19-42(20-8-1)34-56-40-50-52(59-36-44-23-11-3-12-24-44)48(31-32-58-50)33-49-53(60-37-45-25-13-4-14-26-45)55(62-39-47-29-17-6-18-30-47)54(61-38-46-27-15-5-16-28-46)51(63-49)41-57-35-43-21-9-2-10-22-43/h1-32,48-55H,33-41H2/t48-,49-,50+,51+,52-,53-,54+,55+/m0/s1. The topological polar surface area (TPSA) is 73.8 Å². The van der Waals surface area contributed by atoms with E-state index in [1.807, 2.05) is 109 Å². The molecule has 8 nitrogen and oxygen atoms in total. The summed E-state index contributed by atoms with van der Waals surface area (Å²) in [5.74, 6) is -0.122. The minimum Gasteiger partial charge on any atom is -0.493 e. The van der Waals surface area contributed by atoms with Crippen LogP contribution in [-0.2, 0) is 77.5 Å². The second-order valence-corrected chi connectivity index (χ2v) is 16.2. The van der Waals surface area contributed by atoms with Crippen LogP contribution in [0.1, 0.15) is 39.8 Å². The van der Waals surface area contributed by atoms with Crippen molar-refractivity contribution in [2.45, 2.75) is 88.8 Å². The van der Waals surface area contributed by atoms with E-state index in [2.05, 4.69) is 78.9 Å².